The molecule has 0 saturated carbocycles. The third-order valence-electron chi connectivity index (χ3n) is 2.66. The molecule has 0 spiro atoms. The zero-order valence-electron chi connectivity index (χ0n) is 11.3. The molecule has 0 atom stereocenters. The maximum absolute atomic E-state index is 10.8. The lowest BCUT2D eigenvalue weighted by molar-refractivity contribution is -0.133. The van der Waals surface area contributed by atoms with E-state index in [-0.39, 0.29) is 11.3 Å². The van der Waals surface area contributed by atoms with Crippen LogP contribution in [0.2, 0.25) is 10.0 Å². The van der Waals surface area contributed by atoms with E-state index in [0.717, 1.165) is 5.52 Å². The van der Waals surface area contributed by atoms with Gasteiger partial charge in [0.15, 0.2) is 5.16 Å². The van der Waals surface area contributed by atoms with Crippen molar-refractivity contribution in [3.8, 4) is 0 Å². The second-order valence-corrected chi connectivity index (χ2v) is 7.09. The molecule has 2 aromatic rings. The summed E-state index contributed by atoms with van der Waals surface area (Å²) < 4.78 is 1.98. The van der Waals surface area contributed by atoms with Crippen LogP contribution in [0.15, 0.2) is 17.3 Å². The summed E-state index contributed by atoms with van der Waals surface area (Å²) in [5.74, 6) is -0.917. The van der Waals surface area contributed by atoms with Crippen LogP contribution in [0.3, 0.4) is 0 Å². The van der Waals surface area contributed by atoms with E-state index >= 15 is 0 Å². The summed E-state index contributed by atoms with van der Waals surface area (Å²) >= 11 is 13.3. The topological polar surface area (TPSA) is 55.1 Å². The lowest BCUT2D eigenvalue weighted by atomic mass is 10.1. The number of hydrogen-bond donors (Lipinski definition) is 1. The molecule has 0 aliphatic carbocycles. The molecular formula is C13H14Cl2N2O2S. The highest BCUT2D eigenvalue weighted by molar-refractivity contribution is 7.99. The van der Waals surface area contributed by atoms with Gasteiger partial charge < -0.3 is 9.67 Å². The number of hydrogen-bond acceptors (Lipinski definition) is 3. The largest absolute Gasteiger partial charge is 0.481 e. The number of fused-ring (bicyclic) bond motifs is 1. The van der Waals surface area contributed by atoms with Gasteiger partial charge in [0.25, 0.3) is 0 Å². The highest BCUT2D eigenvalue weighted by Crippen LogP contribution is 2.34. The summed E-state index contributed by atoms with van der Waals surface area (Å²) in [6, 6.07) is 3.47. The number of imidazole rings is 1. The molecule has 0 amide bonds. The number of thioether (sulfide) groups is 1. The summed E-state index contributed by atoms with van der Waals surface area (Å²) in [7, 11) is 0. The van der Waals surface area contributed by atoms with Gasteiger partial charge >= 0.3 is 5.97 Å². The summed E-state index contributed by atoms with van der Waals surface area (Å²) in [6.45, 7) is 6.09. The summed E-state index contributed by atoms with van der Waals surface area (Å²) in [4.78, 5) is 15.2. The van der Waals surface area contributed by atoms with Crippen LogP contribution in [0.25, 0.3) is 11.0 Å². The molecule has 1 aromatic heterocycles. The standard InChI is InChI=1S/C13H14Cl2N2O2S/c1-13(2,3)17-10-5-8(15)7(14)4-9(10)16-12(17)20-6-11(18)19/h4-5H,6H2,1-3H3,(H,18,19). The van der Waals surface area contributed by atoms with Crippen LogP contribution in [-0.4, -0.2) is 26.4 Å². The van der Waals surface area contributed by atoms with E-state index in [9.17, 15) is 4.79 Å². The number of carboxylic acid groups (broad SMARTS) is 1. The number of carbonyl (C=O) groups is 1. The van der Waals surface area contributed by atoms with Gasteiger partial charge in [0.05, 0.1) is 26.8 Å². The average Bonchev–Trinajstić information content (AvgIpc) is 2.64. The lowest BCUT2D eigenvalue weighted by Gasteiger charge is -2.24. The first-order chi connectivity index (χ1) is 9.20. The van der Waals surface area contributed by atoms with E-state index in [1.54, 1.807) is 12.1 Å². The molecule has 0 saturated heterocycles. The van der Waals surface area contributed by atoms with Crippen LogP contribution in [0, 0.1) is 0 Å². The van der Waals surface area contributed by atoms with Gasteiger partial charge in [-0.2, -0.15) is 0 Å². The van der Waals surface area contributed by atoms with Gasteiger partial charge in [-0.15, -0.1) is 0 Å². The zero-order chi connectivity index (χ0) is 15.1. The average molecular weight is 333 g/mol. The van der Waals surface area contributed by atoms with Crippen molar-refractivity contribution in [3.05, 3.63) is 22.2 Å². The first kappa shape index (κ1) is 15.5. The van der Waals surface area contributed by atoms with Crippen LogP contribution in [0.4, 0.5) is 0 Å². The van der Waals surface area contributed by atoms with Gasteiger partial charge in [0, 0.05) is 5.54 Å². The first-order valence-corrected chi connectivity index (χ1v) is 7.67. The number of carboxylic acids is 1. The summed E-state index contributed by atoms with van der Waals surface area (Å²) in [6.07, 6.45) is 0. The molecule has 4 nitrogen and oxygen atoms in total. The Hall–Kier alpha value is -0.910. The smallest absolute Gasteiger partial charge is 0.313 e. The normalized spacial score (nSPS) is 12.1. The monoisotopic (exact) mass is 332 g/mol. The number of benzene rings is 1. The number of nitrogens with zero attached hydrogens (tertiary/aromatic N) is 2. The molecule has 7 heteroatoms. The molecule has 2 rings (SSSR count). The molecule has 20 heavy (non-hydrogen) atoms. The molecule has 0 aliphatic heterocycles. The van der Waals surface area contributed by atoms with E-state index in [1.807, 2.05) is 25.3 Å². The van der Waals surface area contributed by atoms with Gasteiger partial charge in [-0.3, -0.25) is 4.79 Å². The van der Waals surface area contributed by atoms with E-state index in [4.69, 9.17) is 28.3 Å². The Bertz CT molecular complexity index is 677. The van der Waals surface area contributed by atoms with Crippen molar-refractivity contribution in [1.29, 1.82) is 0 Å². The zero-order valence-corrected chi connectivity index (χ0v) is 13.6. The van der Waals surface area contributed by atoms with Crippen molar-refractivity contribution in [3.63, 3.8) is 0 Å². The Morgan fingerprint density at radius 2 is 1.95 bits per heavy atom. The van der Waals surface area contributed by atoms with Crippen molar-refractivity contribution in [2.24, 2.45) is 0 Å². The molecule has 0 fully saturated rings. The highest BCUT2D eigenvalue weighted by Gasteiger charge is 2.23. The minimum Gasteiger partial charge on any atom is -0.481 e. The van der Waals surface area contributed by atoms with Gasteiger partial charge in [-0.05, 0) is 32.9 Å². The minimum atomic E-state index is -0.876. The Kier molecular flexibility index (Phi) is 4.23. The van der Waals surface area contributed by atoms with Crippen LogP contribution in [0.5, 0.6) is 0 Å². The molecule has 0 radical (unpaired) electrons. The summed E-state index contributed by atoms with van der Waals surface area (Å²) in [5, 5.41) is 10.4. The molecule has 1 N–H and O–H groups in total. The fourth-order valence-corrected chi connectivity index (χ4v) is 3.15. The Morgan fingerprint density at radius 1 is 1.35 bits per heavy atom. The number of rotatable bonds is 3. The maximum atomic E-state index is 10.8. The van der Waals surface area contributed by atoms with Crippen molar-refractivity contribution < 1.29 is 9.90 Å². The first-order valence-electron chi connectivity index (χ1n) is 5.92. The molecule has 1 heterocycles. The third-order valence-corrected chi connectivity index (χ3v) is 4.31. The second kappa shape index (κ2) is 5.47. The van der Waals surface area contributed by atoms with Crippen LogP contribution in [0.1, 0.15) is 20.8 Å². The minimum absolute atomic E-state index is 0.0408. The van der Waals surface area contributed by atoms with E-state index in [1.165, 1.54) is 11.8 Å². The van der Waals surface area contributed by atoms with Crippen LogP contribution >= 0.6 is 35.0 Å². The van der Waals surface area contributed by atoms with Gasteiger partial charge in [0.2, 0.25) is 0 Å². The fourth-order valence-electron chi connectivity index (χ4n) is 1.92. The Morgan fingerprint density at radius 3 is 2.50 bits per heavy atom. The summed E-state index contributed by atoms with van der Waals surface area (Å²) in [5.41, 5.74) is 1.31. The number of aliphatic carboxylic acids is 1. The maximum Gasteiger partial charge on any atom is 0.313 e. The lowest BCUT2D eigenvalue weighted by Crippen LogP contribution is -2.22. The van der Waals surface area contributed by atoms with Gasteiger partial charge in [-0.1, -0.05) is 35.0 Å². The van der Waals surface area contributed by atoms with Gasteiger partial charge in [0.1, 0.15) is 0 Å². The molecule has 1 aromatic carbocycles. The van der Waals surface area contributed by atoms with Crippen LogP contribution in [-0.2, 0) is 10.3 Å². The quantitative estimate of drug-likeness (QED) is 0.852. The molecular weight excluding hydrogens is 319 g/mol. The second-order valence-electron chi connectivity index (χ2n) is 5.34. The van der Waals surface area contributed by atoms with Crippen molar-refractivity contribution in [1.82, 2.24) is 9.55 Å². The molecule has 0 aliphatic rings. The Balaban J connectivity index is 2.64. The number of halogens is 2. The number of aromatic nitrogens is 2. The highest BCUT2D eigenvalue weighted by atomic mass is 35.5. The predicted octanol–water partition coefficient (Wildman–Crippen LogP) is 4.27. The fraction of sp³-hybridized carbons (Fsp3) is 0.385. The van der Waals surface area contributed by atoms with E-state index in [0.29, 0.717) is 20.7 Å². The van der Waals surface area contributed by atoms with E-state index in [2.05, 4.69) is 4.98 Å². The SMILES string of the molecule is CC(C)(C)n1c(SCC(=O)O)nc2cc(Cl)c(Cl)cc21. The van der Waals surface area contributed by atoms with Crippen molar-refractivity contribution in [2.45, 2.75) is 31.5 Å². The molecule has 108 valence electrons. The predicted molar refractivity (Wildman–Crippen MR) is 83.1 cm³/mol. The van der Waals surface area contributed by atoms with Crippen LogP contribution < -0.4 is 0 Å². The Labute approximate surface area is 131 Å². The van der Waals surface area contributed by atoms with E-state index < -0.39 is 5.97 Å². The molecule has 0 bridgehead atoms. The van der Waals surface area contributed by atoms with Gasteiger partial charge in [-0.25, -0.2) is 4.98 Å². The van der Waals surface area contributed by atoms with Crippen molar-refractivity contribution >= 4 is 52.0 Å². The van der Waals surface area contributed by atoms with Crippen molar-refractivity contribution in [2.75, 3.05) is 5.75 Å². The third kappa shape index (κ3) is 3.05. The molecule has 0 unspecified atom stereocenters.